The van der Waals surface area contributed by atoms with E-state index in [0.717, 1.165) is 11.6 Å². The maximum absolute atomic E-state index is 13.6. The molecule has 112 valence electrons. The van der Waals surface area contributed by atoms with E-state index < -0.39 is 17.6 Å². The van der Waals surface area contributed by atoms with Crippen LogP contribution in [0.3, 0.4) is 0 Å². The van der Waals surface area contributed by atoms with Gasteiger partial charge in [0.05, 0.1) is 10.6 Å². The van der Waals surface area contributed by atoms with Gasteiger partial charge in [-0.25, -0.2) is 4.39 Å². The van der Waals surface area contributed by atoms with Crippen LogP contribution in [0.25, 0.3) is 0 Å². The molecule has 0 bridgehead atoms. The quantitative estimate of drug-likeness (QED) is 0.745. The van der Waals surface area contributed by atoms with Crippen molar-refractivity contribution in [1.29, 1.82) is 0 Å². The molecule has 0 radical (unpaired) electrons. The minimum absolute atomic E-state index is 0.0897. The number of halogens is 5. The van der Waals surface area contributed by atoms with Crippen molar-refractivity contribution >= 4 is 17.3 Å². The number of benzene rings is 2. The number of rotatable bonds is 3. The Labute approximate surface area is 124 Å². The summed E-state index contributed by atoms with van der Waals surface area (Å²) < 4.78 is 51.8. The first-order valence-corrected chi connectivity index (χ1v) is 6.51. The molecule has 0 aliphatic rings. The number of alkyl halides is 3. The zero-order valence-corrected chi connectivity index (χ0v) is 11.8. The molecule has 6 heteroatoms. The zero-order chi connectivity index (χ0) is 15.6. The summed E-state index contributed by atoms with van der Waals surface area (Å²) in [6.07, 6.45) is -4.52. The molecule has 0 fully saturated rings. The van der Waals surface area contributed by atoms with Crippen LogP contribution < -0.4 is 5.32 Å². The van der Waals surface area contributed by atoms with Crippen LogP contribution in [0, 0.1) is 12.7 Å². The van der Waals surface area contributed by atoms with Gasteiger partial charge < -0.3 is 5.32 Å². The van der Waals surface area contributed by atoms with Gasteiger partial charge in [-0.05, 0) is 31.2 Å². The summed E-state index contributed by atoms with van der Waals surface area (Å²) in [5.41, 5.74) is 0.574. The van der Waals surface area contributed by atoms with Crippen LogP contribution in [0.15, 0.2) is 36.4 Å². The van der Waals surface area contributed by atoms with Gasteiger partial charge in [-0.15, -0.1) is 0 Å². The van der Waals surface area contributed by atoms with Gasteiger partial charge in [-0.3, -0.25) is 0 Å². The predicted octanol–water partition coefficient (Wildman–Crippen LogP) is 5.42. The molecule has 1 N–H and O–H groups in total. The normalized spacial score (nSPS) is 11.5. The minimum atomic E-state index is -4.52. The van der Waals surface area contributed by atoms with Gasteiger partial charge in [0.25, 0.3) is 0 Å². The molecule has 0 unspecified atom stereocenters. The highest BCUT2D eigenvalue weighted by atomic mass is 35.5. The van der Waals surface area contributed by atoms with E-state index in [1.165, 1.54) is 18.2 Å². The summed E-state index contributed by atoms with van der Waals surface area (Å²) in [7, 11) is 0. The van der Waals surface area contributed by atoms with Gasteiger partial charge in [-0.1, -0.05) is 29.3 Å². The minimum Gasteiger partial charge on any atom is -0.381 e. The Kier molecular flexibility index (Phi) is 4.42. The number of hydrogen-bond acceptors (Lipinski definition) is 1. The Hall–Kier alpha value is -1.75. The van der Waals surface area contributed by atoms with E-state index in [1.807, 2.05) is 6.92 Å². The molecule has 0 saturated carbocycles. The van der Waals surface area contributed by atoms with Crippen LogP contribution in [-0.2, 0) is 12.7 Å². The number of hydrogen-bond donors (Lipinski definition) is 1. The standard InChI is InChI=1S/C15H12ClF4N/c1-9-2-5-14(17)10(6-9)8-21-11-3-4-13(16)12(7-11)15(18,19)20/h2-7,21H,8H2,1H3. The average Bonchev–Trinajstić information content (AvgIpc) is 2.40. The molecule has 0 saturated heterocycles. The molecule has 0 spiro atoms. The van der Waals surface area contributed by atoms with Crippen LogP contribution in [0.1, 0.15) is 16.7 Å². The topological polar surface area (TPSA) is 12.0 Å². The Bertz CT molecular complexity index is 653. The van der Waals surface area contributed by atoms with Crippen LogP contribution >= 0.6 is 11.6 Å². The summed E-state index contributed by atoms with van der Waals surface area (Å²) in [6.45, 7) is 1.90. The van der Waals surface area contributed by atoms with E-state index in [-0.39, 0.29) is 17.3 Å². The van der Waals surface area contributed by atoms with Gasteiger partial charge in [0, 0.05) is 17.8 Å². The molecule has 2 aromatic rings. The lowest BCUT2D eigenvalue weighted by Gasteiger charge is -2.13. The van der Waals surface area contributed by atoms with E-state index >= 15 is 0 Å². The molecular weight excluding hydrogens is 306 g/mol. The second-order valence-corrected chi connectivity index (χ2v) is 5.05. The van der Waals surface area contributed by atoms with Crippen molar-refractivity contribution in [2.24, 2.45) is 0 Å². The molecule has 0 aliphatic carbocycles. The van der Waals surface area contributed by atoms with Crippen molar-refractivity contribution < 1.29 is 17.6 Å². The van der Waals surface area contributed by atoms with Crippen molar-refractivity contribution in [2.75, 3.05) is 5.32 Å². The Morgan fingerprint density at radius 1 is 1.10 bits per heavy atom. The monoisotopic (exact) mass is 317 g/mol. The lowest BCUT2D eigenvalue weighted by Crippen LogP contribution is -2.08. The maximum Gasteiger partial charge on any atom is 0.417 e. The summed E-state index contributed by atoms with van der Waals surface area (Å²) >= 11 is 5.54. The Balaban J connectivity index is 2.19. The maximum atomic E-state index is 13.6. The van der Waals surface area contributed by atoms with Gasteiger partial charge in [0.15, 0.2) is 0 Å². The number of aryl methyl sites for hydroxylation is 1. The molecule has 2 rings (SSSR count). The predicted molar refractivity (Wildman–Crippen MR) is 74.9 cm³/mol. The first-order valence-electron chi connectivity index (χ1n) is 6.13. The average molecular weight is 318 g/mol. The highest BCUT2D eigenvalue weighted by Crippen LogP contribution is 2.36. The summed E-state index contributed by atoms with van der Waals surface area (Å²) in [4.78, 5) is 0. The lowest BCUT2D eigenvalue weighted by molar-refractivity contribution is -0.137. The van der Waals surface area contributed by atoms with Crippen LogP contribution in [0.2, 0.25) is 5.02 Å². The number of anilines is 1. The van der Waals surface area contributed by atoms with Gasteiger partial charge >= 0.3 is 6.18 Å². The third-order valence-electron chi connectivity index (χ3n) is 2.96. The summed E-state index contributed by atoms with van der Waals surface area (Å²) in [5.74, 6) is -0.405. The summed E-state index contributed by atoms with van der Waals surface area (Å²) in [5, 5.41) is 2.40. The molecule has 21 heavy (non-hydrogen) atoms. The Morgan fingerprint density at radius 2 is 1.81 bits per heavy atom. The fourth-order valence-corrected chi connectivity index (χ4v) is 2.11. The van der Waals surface area contributed by atoms with Gasteiger partial charge in [0.1, 0.15) is 5.82 Å². The number of nitrogens with one attached hydrogen (secondary N) is 1. The van der Waals surface area contributed by atoms with Crippen molar-refractivity contribution in [1.82, 2.24) is 0 Å². The first-order chi connectivity index (χ1) is 9.77. The van der Waals surface area contributed by atoms with Gasteiger partial charge in [0.2, 0.25) is 0 Å². The lowest BCUT2D eigenvalue weighted by atomic mass is 10.1. The fraction of sp³-hybridized carbons (Fsp3) is 0.200. The van der Waals surface area contributed by atoms with E-state index in [0.29, 0.717) is 5.56 Å². The van der Waals surface area contributed by atoms with Crippen molar-refractivity contribution in [2.45, 2.75) is 19.6 Å². The molecule has 0 aromatic heterocycles. The van der Waals surface area contributed by atoms with Crippen molar-refractivity contribution in [3.05, 3.63) is 63.9 Å². The second-order valence-electron chi connectivity index (χ2n) is 4.64. The molecule has 1 nitrogen and oxygen atoms in total. The molecule has 0 heterocycles. The van der Waals surface area contributed by atoms with Crippen molar-refractivity contribution in [3.8, 4) is 0 Å². The second kappa shape index (κ2) is 5.93. The molecule has 2 aromatic carbocycles. The van der Waals surface area contributed by atoms with Crippen molar-refractivity contribution in [3.63, 3.8) is 0 Å². The van der Waals surface area contributed by atoms with Crippen LogP contribution in [-0.4, -0.2) is 0 Å². The largest absolute Gasteiger partial charge is 0.417 e. The Morgan fingerprint density at radius 3 is 2.48 bits per heavy atom. The zero-order valence-electron chi connectivity index (χ0n) is 11.1. The van der Waals surface area contributed by atoms with E-state index in [9.17, 15) is 17.6 Å². The third kappa shape index (κ3) is 3.88. The first kappa shape index (κ1) is 15.6. The molecular formula is C15H12ClF4N. The van der Waals surface area contributed by atoms with Crippen LogP contribution in [0.4, 0.5) is 23.2 Å². The fourth-order valence-electron chi connectivity index (χ4n) is 1.89. The van der Waals surface area contributed by atoms with E-state index in [2.05, 4.69) is 5.32 Å². The third-order valence-corrected chi connectivity index (χ3v) is 3.29. The highest BCUT2D eigenvalue weighted by molar-refractivity contribution is 6.31. The molecule has 0 aliphatic heterocycles. The molecule has 0 atom stereocenters. The molecule has 0 amide bonds. The summed E-state index contributed by atoms with van der Waals surface area (Å²) in [6, 6.07) is 8.10. The van der Waals surface area contributed by atoms with Gasteiger partial charge in [-0.2, -0.15) is 13.2 Å². The van der Waals surface area contributed by atoms with Crippen LogP contribution in [0.5, 0.6) is 0 Å². The van der Waals surface area contributed by atoms with E-state index in [4.69, 9.17) is 11.6 Å². The smallest absolute Gasteiger partial charge is 0.381 e. The SMILES string of the molecule is Cc1ccc(F)c(CNc2ccc(Cl)c(C(F)(F)F)c2)c1. The highest BCUT2D eigenvalue weighted by Gasteiger charge is 2.33. The van der Waals surface area contributed by atoms with E-state index in [1.54, 1.807) is 12.1 Å².